The highest BCUT2D eigenvalue weighted by Gasteiger charge is 2.72. The number of carboxylic acid groups (broad SMARTS) is 1. The van der Waals surface area contributed by atoms with Crippen LogP contribution in [-0.2, 0) is 28.5 Å². The third kappa shape index (κ3) is 4.72. The van der Waals surface area contributed by atoms with Crippen LogP contribution in [0, 0.1) is 5.92 Å². The van der Waals surface area contributed by atoms with Crippen molar-refractivity contribution in [2.24, 2.45) is 5.92 Å². The van der Waals surface area contributed by atoms with E-state index in [1.54, 1.807) is 0 Å². The first kappa shape index (κ1) is 29.0. The van der Waals surface area contributed by atoms with Crippen molar-refractivity contribution in [1.82, 2.24) is 10.6 Å². The minimum absolute atomic E-state index is 0.493. The number of ether oxygens (including phenoxy) is 4. The van der Waals surface area contributed by atoms with Crippen LogP contribution in [0.4, 0.5) is 0 Å². The van der Waals surface area contributed by atoms with Gasteiger partial charge in [0.05, 0.1) is 43.4 Å². The zero-order valence-electron chi connectivity index (χ0n) is 19.6. The average molecular weight is 526 g/mol. The number of amides is 1. The van der Waals surface area contributed by atoms with Crippen LogP contribution in [0.3, 0.4) is 0 Å². The van der Waals surface area contributed by atoms with Gasteiger partial charge in [0, 0.05) is 20.5 Å². The molecular weight excluding hydrogens is 492 g/mol. The van der Waals surface area contributed by atoms with E-state index < -0.39 is 111 Å². The van der Waals surface area contributed by atoms with E-state index in [1.807, 2.05) is 0 Å². The lowest BCUT2D eigenvalue weighted by Crippen LogP contribution is -2.81. The number of hydrogen-bond acceptors (Lipinski definition) is 14. The van der Waals surface area contributed by atoms with Gasteiger partial charge in [0.2, 0.25) is 17.3 Å². The van der Waals surface area contributed by atoms with E-state index in [0.717, 1.165) is 6.92 Å². The molecule has 3 fully saturated rings. The Balaban J connectivity index is 2.13. The van der Waals surface area contributed by atoms with Gasteiger partial charge in [-0.2, -0.15) is 0 Å². The fourth-order valence-electron chi connectivity index (χ4n) is 5.27. The van der Waals surface area contributed by atoms with Gasteiger partial charge < -0.3 is 65.1 Å². The number of rotatable bonds is 8. The summed E-state index contributed by atoms with van der Waals surface area (Å²) >= 11 is 0. The van der Waals surface area contributed by atoms with E-state index in [9.17, 15) is 50.4 Å². The van der Waals surface area contributed by atoms with Gasteiger partial charge in [-0.25, -0.2) is 4.79 Å². The number of carbonyl (C=O) groups is 2. The Bertz CT molecular complexity index is 804. The van der Waals surface area contributed by atoms with Crippen molar-refractivity contribution in [3.63, 3.8) is 0 Å². The molecule has 0 aromatic rings. The topological polar surface area (TPSA) is 257 Å². The van der Waals surface area contributed by atoms with Crippen molar-refractivity contribution in [3.05, 3.63) is 0 Å². The molecule has 36 heavy (non-hydrogen) atoms. The van der Waals surface area contributed by atoms with Crippen LogP contribution in [0.2, 0.25) is 0 Å². The summed E-state index contributed by atoms with van der Waals surface area (Å²) in [6, 6.07) is -2.56. The summed E-state index contributed by atoms with van der Waals surface area (Å²) in [5.74, 6) is -7.09. The Morgan fingerprint density at radius 2 is 1.92 bits per heavy atom. The molecule has 16 heteroatoms. The van der Waals surface area contributed by atoms with Gasteiger partial charge in [0.1, 0.15) is 31.1 Å². The van der Waals surface area contributed by atoms with E-state index in [2.05, 4.69) is 10.6 Å². The number of carboxylic acids is 1. The maximum Gasteiger partial charge on any atom is 0.341 e. The molecule has 3 saturated heterocycles. The molecule has 0 aromatic heterocycles. The SMILES string of the molecule is COC1O[C@H](CO)[C@H](O)C2C1NCOC2(O)[C@]1(C(=O)O)C[C@H](O)[C@@H](NC(C)=O)[C@H]([C@H](O)[C@H](O)CO)O1. The van der Waals surface area contributed by atoms with Crippen molar-refractivity contribution in [3.8, 4) is 0 Å². The summed E-state index contributed by atoms with van der Waals surface area (Å²) in [5.41, 5.74) is -2.90. The summed E-state index contributed by atoms with van der Waals surface area (Å²) in [6.07, 6.45) is -12.7. The molecule has 3 heterocycles. The summed E-state index contributed by atoms with van der Waals surface area (Å²) in [7, 11) is 1.25. The Labute approximate surface area is 205 Å². The predicted octanol–water partition coefficient (Wildman–Crippen LogP) is -5.85. The largest absolute Gasteiger partial charge is 0.479 e. The van der Waals surface area contributed by atoms with Crippen LogP contribution >= 0.6 is 0 Å². The molecular formula is C20H34N2O14. The fourth-order valence-corrected chi connectivity index (χ4v) is 5.27. The molecule has 12 atom stereocenters. The average Bonchev–Trinajstić information content (AvgIpc) is 2.83. The first-order valence-electron chi connectivity index (χ1n) is 11.3. The summed E-state index contributed by atoms with van der Waals surface area (Å²) in [6.45, 7) is -1.13. The minimum atomic E-state index is -2.94. The molecule has 208 valence electrons. The monoisotopic (exact) mass is 526 g/mol. The first-order chi connectivity index (χ1) is 16.9. The highest BCUT2D eigenvalue weighted by atomic mass is 16.7. The summed E-state index contributed by atoms with van der Waals surface area (Å²) < 4.78 is 21.9. The highest BCUT2D eigenvalue weighted by molar-refractivity contribution is 5.80. The first-order valence-corrected chi connectivity index (χ1v) is 11.3. The predicted molar refractivity (Wildman–Crippen MR) is 113 cm³/mol. The third-order valence-electron chi connectivity index (χ3n) is 7.03. The van der Waals surface area contributed by atoms with E-state index in [0.29, 0.717) is 0 Å². The lowest BCUT2D eigenvalue weighted by molar-refractivity contribution is -0.407. The van der Waals surface area contributed by atoms with Crippen molar-refractivity contribution >= 4 is 11.9 Å². The lowest BCUT2D eigenvalue weighted by Gasteiger charge is -2.59. The van der Waals surface area contributed by atoms with Crippen LogP contribution in [0.25, 0.3) is 0 Å². The third-order valence-corrected chi connectivity index (χ3v) is 7.03. The molecule has 0 radical (unpaired) electrons. The van der Waals surface area contributed by atoms with Gasteiger partial charge in [-0.3, -0.25) is 10.1 Å². The second-order valence-electron chi connectivity index (χ2n) is 9.15. The fraction of sp³-hybridized carbons (Fsp3) is 0.900. The Kier molecular flexibility index (Phi) is 8.92. The number of nitrogens with one attached hydrogen (secondary N) is 2. The molecule has 3 aliphatic rings. The van der Waals surface area contributed by atoms with Crippen molar-refractivity contribution < 1.29 is 69.4 Å². The second kappa shape index (κ2) is 11.1. The lowest BCUT2D eigenvalue weighted by atomic mass is 9.68. The normalized spacial score (nSPS) is 44.8. The second-order valence-corrected chi connectivity index (χ2v) is 9.15. The van der Waals surface area contributed by atoms with Crippen molar-refractivity contribution in [2.45, 2.75) is 79.7 Å². The maximum absolute atomic E-state index is 12.8. The quantitative estimate of drug-likeness (QED) is 0.141. The van der Waals surface area contributed by atoms with Crippen LogP contribution < -0.4 is 10.6 Å². The molecule has 3 aliphatic heterocycles. The van der Waals surface area contributed by atoms with Crippen molar-refractivity contribution in [1.29, 1.82) is 0 Å². The van der Waals surface area contributed by atoms with E-state index >= 15 is 0 Å². The zero-order valence-corrected chi connectivity index (χ0v) is 19.6. The van der Waals surface area contributed by atoms with Gasteiger partial charge in [-0.15, -0.1) is 0 Å². The van der Waals surface area contributed by atoms with E-state index in [1.165, 1.54) is 7.11 Å². The number of fused-ring (bicyclic) bond motifs is 1. The summed E-state index contributed by atoms with van der Waals surface area (Å²) in [5, 5.41) is 88.9. The van der Waals surface area contributed by atoms with Gasteiger partial charge in [-0.05, 0) is 0 Å². The molecule has 0 aliphatic carbocycles. The standard InChI is InChI=1S/C20H34N2O14/c1-7(25)22-12-8(26)3-19(18(30)31,36-16(12)14(28)9(27)4-23)20(32)11-13(21-6-34-20)17(33-2)35-10(5-24)15(11)29/h8-17,21,23-24,26-29,32H,3-6H2,1-2H3,(H,22,25)(H,30,31)/t8-,9+,10+,11?,12+,13?,14+,15-,16+,17?,19+,20?/m0/s1. The summed E-state index contributed by atoms with van der Waals surface area (Å²) in [4.78, 5) is 24.5. The number of hydrogen-bond donors (Lipinski definition) is 10. The van der Waals surface area contributed by atoms with E-state index in [4.69, 9.17) is 18.9 Å². The van der Waals surface area contributed by atoms with Crippen LogP contribution in [-0.4, -0.2) is 146 Å². The van der Waals surface area contributed by atoms with Crippen LogP contribution in [0.1, 0.15) is 13.3 Å². The highest BCUT2D eigenvalue weighted by Crippen LogP contribution is 2.49. The van der Waals surface area contributed by atoms with Gasteiger partial charge in [0.15, 0.2) is 6.29 Å². The molecule has 0 aromatic carbocycles. The Morgan fingerprint density at radius 3 is 2.44 bits per heavy atom. The van der Waals surface area contributed by atoms with E-state index in [-0.39, 0.29) is 0 Å². The number of methoxy groups -OCH3 is 1. The van der Waals surface area contributed by atoms with Gasteiger partial charge in [-0.1, -0.05) is 0 Å². The van der Waals surface area contributed by atoms with Crippen LogP contribution in [0.15, 0.2) is 0 Å². The minimum Gasteiger partial charge on any atom is -0.479 e. The molecule has 4 unspecified atom stereocenters. The maximum atomic E-state index is 12.8. The number of carbonyl (C=O) groups excluding carboxylic acids is 1. The smallest absolute Gasteiger partial charge is 0.341 e. The zero-order chi connectivity index (χ0) is 27.0. The molecule has 0 spiro atoms. The van der Waals surface area contributed by atoms with Crippen molar-refractivity contribution in [2.75, 3.05) is 27.1 Å². The Morgan fingerprint density at radius 1 is 1.25 bits per heavy atom. The molecule has 0 bridgehead atoms. The molecule has 16 nitrogen and oxygen atoms in total. The molecule has 10 N–H and O–H groups in total. The number of aliphatic hydroxyl groups is 7. The van der Waals surface area contributed by atoms with Gasteiger partial charge in [0.25, 0.3) is 0 Å². The number of aliphatic carboxylic acids is 1. The van der Waals surface area contributed by atoms with Crippen LogP contribution in [0.5, 0.6) is 0 Å². The van der Waals surface area contributed by atoms with Gasteiger partial charge >= 0.3 is 5.97 Å². The number of aliphatic hydroxyl groups excluding tert-OH is 6. The molecule has 1 amide bonds. The Hall–Kier alpha value is -1.54. The molecule has 3 rings (SSSR count). The molecule has 0 saturated carbocycles.